The van der Waals surface area contributed by atoms with Gasteiger partial charge in [0.15, 0.2) is 0 Å². The van der Waals surface area contributed by atoms with Crippen LogP contribution in [0.25, 0.3) is 0 Å². The monoisotopic (exact) mass is 732 g/mol. The molecule has 0 aromatic heterocycles. The van der Waals surface area contributed by atoms with Crippen molar-refractivity contribution in [1.82, 2.24) is 16.0 Å². The summed E-state index contributed by atoms with van der Waals surface area (Å²) >= 11 is 0. The molecule has 0 radical (unpaired) electrons. The molecule has 0 spiro atoms. The number of carboxylic acids is 2. The molecule has 1 atom stereocenters. The van der Waals surface area contributed by atoms with Gasteiger partial charge in [-0.2, -0.15) is 0 Å². The molecule has 4 amide bonds. The molecule has 0 aromatic rings. The number of rotatable bonds is 38. The Morgan fingerprint density at radius 3 is 1.39 bits per heavy atom. The maximum Gasteiger partial charge on any atom is 0.326 e. The van der Waals surface area contributed by atoms with Crippen molar-refractivity contribution in [3.05, 3.63) is 0 Å². The largest absolute Gasteiger partial charge is 0.481 e. The Balaban J connectivity index is 3.66. The van der Waals surface area contributed by atoms with E-state index >= 15 is 0 Å². The summed E-state index contributed by atoms with van der Waals surface area (Å²) in [7, 11) is 0. The predicted molar refractivity (Wildman–Crippen MR) is 189 cm³/mol. The molecule has 0 bridgehead atoms. The van der Waals surface area contributed by atoms with Crippen molar-refractivity contribution in [2.45, 2.75) is 122 Å². The molecule has 0 aliphatic heterocycles. The second kappa shape index (κ2) is 35.1. The second-order valence-electron chi connectivity index (χ2n) is 12.3. The quantitative estimate of drug-likeness (QED) is 0.0502. The first-order valence-electron chi connectivity index (χ1n) is 18.5. The minimum atomic E-state index is -1.18. The first-order chi connectivity index (χ1) is 24.6. The summed E-state index contributed by atoms with van der Waals surface area (Å²) in [6.07, 6.45) is 15.6. The van der Waals surface area contributed by atoms with Crippen LogP contribution in [0.3, 0.4) is 0 Å². The third-order valence-electron chi connectivity index (χ3n) is 7.70. The molecule has 16 heteroatoms. The Morgan fingerprint density at radius 2 is 0.922 bits per heavy atom. The average molecular weight is 733 g/mol. The number of carbonyl (C=O) groups is 6. The van der Waals surface area contributed by atoms with Crippen molar-refractivity contribution in [2.75, 3.05) is 65.9 Å². The van der Waals surface area contributed by atoms with Gasteiger partial charge in [-0.3, -0.25) is 24.0 Å². The summed E-state index contributed by atoms with van der Waals surface area (Å²) in [6.45, 7) is 1.57. The van der Waals surface area contributed by atoms with Crippen LogP contribution in [-0.4, -0.2) is 118 Å². The third-order valence-corrected chi connectivity index (χ3v) is 7.70. The summed E-state index contributed by atoms with van der Waals surface area (Å²) in [5.41, 5.74) is 4.94. The summed E-state index contributed by atoms with van der Waals surface area (Å²) in [5, 5.41) is 25.9. The Kier molecular flexibility index (Phi) is 32.8. The zero-order chi connectivity index (χ0) is 37.8. The Hall–Kier alpha value is -3.34. The van der Waals surface area contributed by atoms with E-state index in [4.69, 9.17) is 29.8 Å². The number of ether oxygens (including phenoxy) is 4. The van der Waals surface area contributed by atoms with Crippen LogP contribution in [0.2, 0.25) is 0 Å². The summed E-state index contributed by atoms with van der Waals surface area (Å²) in [4.78, 5) is 68.7. The SMILES string of the molecule is NC(=O)COCCOCCNC(=O)COCCOCCNC(=O)CCC(NC(=O)CCCCCCCCCCCCCCCCC(=O)O)C(=O)O. The number of aliphatic carboxylic acids is 2. The highest BCUT2D eigenvalue weighted by atomic mass is 16.5. The van der Waals surface area contributed by atoms with E-state index in [1.807, 2.05) is 0 Å². The summed E-state index contributed by atoms with van der Waals surface area (Å²) < 4.78 is 20.7. The fourth-order valence-electron chi connectivity index (χ4n) is 4.92. The van der Waals surface area contributed by atoms with E-state index in [-0.39, 0.29) is 103 Å². The van der Waals surface area contributed by atoms with E-state index in [0.717, 1.165) is 38.5 Å². The summed E-state index contributed by atoms with van der Waals surface area (Å²) in [5.74, 6) is -3.43. The van der Waals surface area contributed by atoms with E-state index < -0.39 is 23.9 Å². The fourth-order valence-corrected chi connectivity index (χ4v) is 4.92. The number of unbranched alkanes of at least 4 members (excludes halogenated alkanes) is 13. The van der Waals surface area contributed by atoms with Gasteiger partial charge >= 0.3 is 11.9 Å². The van der Waals surface area contributed by atoms with Crippen molar-refractivity contribution >= 4 is 35.6 Å². The van der Waals surface area contributed by atoms with Crippen molar-refractivity contribution in [3.8, 4) is 0 Å². The molecule has 0 rings (SSSR count). The molecule has 16 nitrogen and oxygen atoms in total. The van der Waals surface area contributed by atoms with Crippen LogP contribution in [0.5, 0.6) is 0 Å². The van der Waals surface area contributed by atoms with Gasteiger partial charge in [0.2, 0.25) is 23.6 Å². The lowest BCUT2D eigenvalue weighted by atomic mass is 10.0. The molecular formula is C35H64N4O12. The molecule has 296 valence electrons. The average Bonchev–Trinajstić information content (AvgIpc) is 3.08. The lowest BCUT2D eigenvalue weighted by Crippen LogP contribution is -2.41. The molecule has 0 heterocycles. The van der Waals surface area contributed by atoms with Gasteiger partial charge in [-0.15, -0.1) is 0 Å². The second-order valence-corrected chi connectivity index (χ2v) is 12.3. The highest BCUT2D eigenvalue weighted by Crippen LogP contribution is 2.14. The number of nitrogens with one attached hydrogen (secondary N) is 3. The molecular weight excluding hydrogens is 668 g/mol. The first-order valence-corrected chi connectivity index (χ1v) is 18.5. The lowest BCUT2D eigenvalue weighted by Gasteiger charge is -2.14. The zero-order valence-corrected chi connectivity index (χ0v) is 30.4. The Labute approximate surface area is 302 Å². The van der Waals surface area contributed by atoms with Crippen LogP contribution in [0.1, 0.15) is 116 Å². The molecule has 0 fully saturated rings. The highest BCUT2D eigenvalue weighted by Gasteiger charge is 2.20. The van der Waals surface area contributed by atoms with Crippen LogP contribution >= 0.6 is 0 Å². The molecule has 51 heavy (non-hydrogen) atoms. The van der Waals surface area contributed by atoms with Crippen LogP contribution in [0.15, 0.2) is 0 Å². The number of carbonyl (C=O) groups excluding carboxylic acids is 4. The number of carboxylic acid groups (broad SMARTS) is 2. The molecule has 0 aliphatic carbocycles. The van der Waals surface area contributed by atoms with E-state index in [0.29, 0.717) is 13.0 Å². The minimum Gasteiger partial charge on any atom is -0.481 e. The van der Waals surface area contributed by atoms with Crippen molar-refractivity contribution < 1.29 is 57.9 Å². The molecule has 0 saturated carbocycles. The number of hydrogen-bond donors (Lipinski definition) is 6. The maximum absolute atomic E-state index is 12.3. The molecule has 0 aromatic carbocycles. The lowest BCUT2D eigenvalue weighted by molar-refractivity contribution is -0.142. The van der Waals surface area contributed by atoms with Gasteiger partial charge in [0.05, 0.1) is 39.6 Å². The minimum absolute atomic E-state index is 0.0199. The van der Waals surface area contributed by atoms with Gasteiger partial charge in [-0.1, -0.05) is 77.0 Å². The van der Waals surface area contributed by atoms with Crippen LogP contribution in [-0.2, 0) is 47.7 Å². The van der Waals surface area contributed by atoms with Gasteiger partial charge in [0.25, 0.3) is 0 Å². The predicted octanol–water partition coefficient (Wildman–Crippen LogP) is 2.45. The van der Waals surface area contributed by atoms with Crippen LogP contribution in [0, 0.1) is 0 Å². The van der Waals surface area contributed by atoms with E-state index in [1.165, 1.54) is 44.9 Å². The molecule has 1 unspecified atom stereocenters. The Morgan fingerprint density at radius 1 is 0.490 bits per heavy atom. The summed E-state index contributed by atoms with van der Waals surface area (Å²) in [6, 6.07) is -1.13. The normalized spacial score (nSPS) is 11.5. The third kappa shape index (κ3) is 36.3. The van der Waals surface area contributed by atoms with Gasteiger partial charge in [-0.05, 0) is 19.3 Å². The standard InChI is InChI=1S/C35H64N4O12/c36-30(40)27-50-25-23-49-22-20-38-33(43)28-51-26-24-48-21-19-37-31(41)18-17-29(35(46)47)39-32(42)15-13-11-9-7-5-3-1-2-4-6-8-10-12-14-16-34(44)45/h29H,1-28H2,(H2,36,40)(H,37,41)(H,38,43)(H,39,42)(H,44,45)(H,46,47). The van der Waals surface area contributed by atoms with Gasteiger partial charge < -0.3 is 50.8 Å². The van der Waals surface area contributed by atoms with Gasteiger partial charge in [0, 0.05) is 32.4 Å². The van der Waals surface area contributed by atoms with E-state index in [1.54, 1.807) is 0 Å². The maximum atomic E-state index is 12.3. The number of hydrogen-bond acceptors (Lipinski definition) is 10. The fraction of sp³-hybridized carbons (Fsp3) is 0.829. The number of amides is 4. The molecule has 0 saturated heterocycles. The number of primary amides is 1. The number of nitrogens with two attached hydrogens (primary N) is 1. The smallest absolute Gasteiger partial charge is 0.326 e. The van der Waals surface area contributed by atoms with Crippen LogP contribution in [0.4, 0.5) is 0 Å². The van der Waals surface area contributed by atoms with Crippen molar-refractivity contribution in [1.29, 1.82) is 0 Å². The van der Waals surface area contributed by atoms with Gasteiger partial charge in [-0.25, -0.2) is 4.79 Å². The molecule has 7 N–H and O–H groups in total. The van der Waals surface area contributed by atoms with Gasteiger partial charge in [0.1, 0.15) is 19.3 Å². The zero-order valence-electron chi connectivity index (χ0n) is 30.4. The van der Waals surface area contributed by atoms with Crippen molar-refractivity contribution in [2.24, 2.45) is 5.73 Å². The van der Waals surface area contributed by atoms with Crippen LogP contribution < -0.4 is 21.7 Å². The first kappa shape index (κ1) is 47.7. The topological polar surface area (TPSA) is 242 Å². The highest BCUT2D eigenvalue weighted by molar-refractivity contribution is 5.84. The van der Waals surface area contributed by atoms with Crippen molar-refractivity contribution in [3.63, 3.8) is 0 Å². The molecule has 0 aliphatic rings. The van der Waals surface area contributed by atoms with E-state index in [9.17, 15) is 33.9 Å². The van der Waals surface area contributed by atoms with E-state index in [2.05, 4.69) is 16.0 Å². The Bertz CT molecular complexity index is 954.